The highest BCUT2D eigenvalue weighted by Crippen LogP contribution is 2.35. The maximum absolute atomic E-state index is 11.6. The van der Waals surface area contributed by atoms with E-state index in [4.69, 9.17) is 9.84 Å². The maximum atomic E-state index is 11.6. The molecular weight excluding hydrogens is 254 g/mol. The van der Waals surface area contributed by atoms with Gasteiger partial charge >= 0.3 is 0 Å². The van der Waals surface area contributed by atoms with Crippen LogP contribution in [0.25, 0.3) is 11.0 Å². The summed E-state index contributed by atoms with van der Waals surface area (Å²) in [6, 6.07) is 0. The van der Waals surface area contributed by atoms with Crippen LogP contribution in [0.3, 0.4) is 0 Å². The molecule has 4 atom stereocenters. The van der Waals surface area contributed by atoms with Crippen LogP contribution < -0.4 is 5.56 Å². The van der Waals surface area contributed by atoms with E-state index in [2.05, 4.69) is 15.0 Å². The van der Waals surface area contributed by atoms with Gasteiger partial charge in [-0.2, -0.15) is 0 Å². The third-order valence-corrected chi connectivity index (χ3v) is 3.35. The summed E-state index contributed by atoms with van der Waals surface area (Å²) < 4.78 is 5.41. The minimum Gasteiger partial charge on any atom is -0.394 e. The van der Waals surface area contributed by atoms with E-state index in [-0.39, 0.29) is 11.1 Å². The van der Waals surface area contributed by atoms with Crippen molar-refractivity contribution in [1.29, 1.82) is 0 Å². The summed E-state index contributed by atoms with van der Waals surface area (Å²) in [4.78, 5) is 20.8. The lowest BCUT2D eigenvalue weighted by atomic mass is 10.0. The molecule has 0 radical (unpaired) electrons. The van der Waals surface area contributed by atoms with E-state index in [0.29, 0.717) is 11.1 Å². The second kappa shape index (κ2) is 4.42. The molecule has 0 amide bonds. The van der Waals surface area contributed by atoms with Crippen molar-refractivity contribution in [2.75, 3.05) is 6.61 Å². The van der Waals surface area contributed by atoms with Gasteiger partial charge in [0.05, 0.1) is 12.9 Å². The average molecular weight is 267 g/mol. The van der Waals surface area contributed by atoms with Crippen LogP contribution in [0.2, 0.25) is 0 Å². The summed E-state index contributed by atoms with van der Waals surface area (Å²) in [6.45, 7) is -0.398. The molecule has 1 saturated heterocycles. The third-order valence-electron chi connectivity index (χ3n) is 3.35. The summed E-state index contributed by atoms with van der Waals surface area (Å²) in [5.41, 5.74) is 0.792. The molecule has 1 fully saturated rings. The minimum atomic E-state index is -1.18. The Bertz CT molecular complexity index is 651. The molecule has 8 nitrogen and oxygen atoms in total. The first kappa shape index (κ1) is 12.3. The predicted octanol–water partition coefficient (Wildman–Crippen LogP) is -1.59. The summed E-state index contributed by atoms with van der Waals surface area (Å²) in [5.74, 6) is 0. The topological polar surface area (TPSA) is 131 Å². The van der Waals surface area contributed by atoms with E-state index in [9.17, 15) is 15.0 Å². The van der Waals surface area contributed by atoms with Gasteiger partial charge in [-0.15, -0.1) is 0 Å². The summed E-state index contributed by atoms with van der Waals surface area (Å²) >= 11 is 0. The maximum Gasteiger partial charge on any atom is 0.275 e. The Kier molecular flexibility index (Phi) is 2.86. The van der Waals surface area contributed by atoms with Crippen molar-refractivity contribution >= 4 is 11.0 Å². The highest BCUT2D eigenvalue weighted by atomic mass is 16.6. The van der Waals surface area contributed by atoms with Crippen molar-refractivity contribution in [3.05, 3.63) is 28.4 Å². The number of nitrogens with one attached hydrogen (secondary N) is 2. The molecule has 0 aromatic carbocycles. The van der Waals surface area contributed by atoms with Gasteiger partial charge in [0.2, 0.25) is 0 Å². The number of aliphatic hydroxyl groups excluding tert-OH is 3. The molecule has 2 aromatic heterocycles. The van der Waals surface area contributed by atoms with Crippen molar-refractivity contribution in [2.24, 2.45) is 0 Å². The molecular formula is C11H13N3O5. The lowest BCUT2D eigenvalue weighted by molar-refractivity contribution is -0.0224. The van der Waals surface area contributed by atoms with Crippen LogP contribution in [0.4, 0.5) is 0 Å². The molecule has 2 aromatic rings. The number of aromatic amines is 2. The Morgan fingerprint density at radius 3 is 2.79 bits per heavy atom. The number of aromatic nitrogens is 3. The molecule has 102 valence electrons. The number of rotatable bonds is 2. The van der Waals surface area contributed by atoms with E-state index in [1.807, 2.05) is 0 Å². The molecule has 0 bridgehead atoms. The summed E-state index contributed by atoms with van der Waals surface area (Å²) in [6.07, 6.45) is -1.29. The second-order valence-electron chi connectivity index (χ2n) is 4.46. The molecule has 0 saturated carbocycles. The number of hydrogen-bond donors (Lipinski definition) is 5. The third kappa shape index (κ3) is 1.77. The number of ether oxygens (including phenoxy) is 1. The second-order valence-corrected chi connectivity index (χ2v) is 4.46. The van der Waals surface area contributed by atoms with E-state index in [1.54, 1.807) is 0 Å². The zero-order valence-corrected chi connectivity index (χ0v) is 9.78. The average Bonchev–Trinajstić information content (AvgIpc) is 2.94. The van der Waals surface area contributed by atoms with Crippen LogP contribution >= 0.6 is 0 Å². The van der Waals surface area contributed by atoms with Crippen LogP contribution in [0, 0.1) is 0 Å². The molecule has 19 heavy (non-hydrogen) atoms. The molecule has 0 unspecified atom stereocenters. The Morgan fingerprint density at radius 2 is 2.11 bits per heavy atom. The van der Waals surface area contributed by atoms with Gasteiger partial charge < -0.3 is 30.0 Å². The van der Waals surface area contributed by atoms with Crippen molar-refractivity contribution in [3.63, 3.8) is 0 Å². The highest BCUT2D eigenvalue weighted by molar-refractivity contribution is 5.78. The highest BCUT2D eigenvalue weighted by Gasteiger charge is 2.44. The fourth-order valence-corrected chi connectivity index (χ4v) is 2.34. The van der Waals surface area contributed by atoms with Crippen molar-refractivity contribution in [2.45, 2.75) is 24.4 Å². The van der Waals surface area contributed by atoms with E-state index in [0.717, 1.165) is 0 Å². The minimum absolute atomic E-state index is 0.273. The number of aliphatic hydroxyl groups is 3. The normalized spacial score (nSPS) is 31.1. The largest absolute Gasteiger partial charge is 0.394 e. The van der Waals surface area contributed by atoms with E-state index >= 15 is 0 Å². The fourth-order valence-electron chi connectivity index (χ4n) is 2.34. The first-order chi connectivity index (χ1) is 9.13. The fraction of sp³-hybridized carbons (Fsp3) is 0.455. The molecule has 3 heterocycles. The Labute approximate surface area is 106 Å². The van der Waals surface area contributed by atoms with Gasteiger partial charge in [-0.05, 0) is 0 Å². The van der Waals surface area contributed by atoms with Gasteiger partial charge in [0.25, 0.3) is 5.56 Å². The molecule has 0 aliphatic carbocycles. The van der Waals surface area contributed by atoms with Crippen LogP contribution in [-0.2, 0) is 4.74 Å². The number of H-pyrrole nitrogens is 2. The zero-order chi connectivity index (χ0) is 13.6. The Balaban J connectivity index is 2.06. The summed E-state index contributed by atoms with van der Waals surface area (Å²) in [7, 11) is 0. The quantitative estimate of drug-likeness (QED) is 0.445. The van der Waals surface area contributed by atoms with Crippen molar-refractivity contribution in [3.8, 4) is 0 Å². The molecule has 0 spiro atoms. The standard InChI is InChI=1S/C11H13N3O5/c15-2-5-8(16)9(17)10(19-5)4-1-12-7-6(4)13-3-14-11(7)18/h1,3,5,8-10,12,15-17H,2H2,(H,13,14,18)/t5-,8-,9+,10+/m1/s1. The lowest BCUT2D eigenvalue weighted by Gasteiger charge is -2.13. The van der Waals surface area contributed by atoms with Crippen LogP contribution in [0.5, 0.6) is 0 Å². The zero-order valence-electron chi connectivity index (χ0n) is 9.78. The smallest absolute Gasteiger partial charge is 0.275 e. The van der Waals surface area contributed by atoms with Gasteiger partial charge in [-0.3, -0.25) is 4.79 Å². The van der Waals surface area contributed by atoms with E-state index in [1.165, 1.54) is 12.5 Å². The summed E-state index contributed by atoms with van der Waals surface area (Å²) in [5, 5.41) is 28.7. The van der Waals surface area contributed by atoms with Gasteiger partial charge in [0, 0.05) is 11.8 Å². The van der Waals surface area contributed by atoms with Crippen molar-refractivity contribution < 1.29 is 20.1 Å². The predicted molar refractivity (Wildman–Crippen MR) is 63.4 cm³/mol. The van der Waals surface area contributed by atoms with Gasteiger partial charge in [-0.1, -0.05) is 0 Å². The van der Waals surface area contributed by atoms with E-state index < -0.39 is 31.0 Å². The Hall–Kier alpha value is -1.74. The van der Waals surface area contributed by atoms with Crippen molar-refractivity contribution in [1.82, 2.24) is 15.0 Å². The number of fused-ring (bicyclic) bond motifs is 1. The number of hydrogen-bond acceptors (Lipinski definition) is 6. The lowest BCUT2D eigenvalue weighted by Crippen LogP contribution is -2.32. The molecule has 3 rings (SSSR count). The SMILES string of the molecule is O=c1[nH]cnc2c([C@@H]3O[C@H](CO)[C@@H](O)[C@@H]3O)c[nH]c12. The monoisotopic (exact) mass is 267 g/mol. The molecule has 5 N–H and O–H groups in total. The first-order valence-corrected chi connectivity index (χ1v) is 5.80. The Morgan fingerprint density at radius 1 is 1.32 bits per heavy atom. The first-order valence-electron chi connectivity index (χ1n) is 5.80. The van der Waals surface area contributed by atoms with Gasteiger partial charge in [0.15, 0.2) is 0 Å². The van der Waals surface area contributed by atoms with Crippen LogP contribution in [0.15, 0.2) is 17.3 Å². The van der Waals surface area contributed by atoms with Gasteiger partial charge in [0.1, 0.15) is 35.4 Å². The number of nitrogens with zero attached hydrogens (tertiary/aromatic N) is 1. The van der Waals surface area contributed by atoms with Crippen LogP contribution in [0.1, 0.15) is 11.7 Å². The molecule has 8 heteroatoms. The van der Waals surface area contributed by atoms with Gasteiger partial charge in [-0.25, -0.2) is 4.98 Å². The molecule has 1 aliphatic heterocycles. The van der Waals surface area contributed by atoms with Crippen LogP contribution in [-0.4, -0.2) is 55.2 Å². The molecule has 1 aliphatic rings.